The number of carbonyl (C=O) groups is 3. The van der Waals surface area contributed by atoms with Crippen LogP contribution < -0.4 is 10.6 Å². The minimum absolute atomic E-state index is 0.133. The van der Waals surface area contributed by atoms with Gasteiger partial charge in [-0.1, -0.05) is 12.8 Å². The van der Waals surface area contributed by atoms with Gasteiger partial charge in [-0.25, -0.2) is 0 Å². The van der Waals surface area contributed by atoms with Gasteiger partial charge in [0.15, 0.2) is 5.69 Å². The summed E-state index contributed by atoms with van der Waals surface area (Å²) in [5.74, 6) is -0.312. The lowest BCUT2D eigenvalue weighted by Crippen LogP contribution is -2.63. The average Bonchev–Trinajstić information content (AvgIpc) is 3.45. The Morgan fingerprint density at radius 1 is 1.34 bits per heavy atom. The van der Waals surface area contributed by atoms with Gasteiger partial charge in [0, 0.05) is 19.2 Å². The summed E-state index contributed by atoms with van der Waals surface area (Å²) in [6.45, 7) is 2.15. The molecule has 9 heteroatoms. The molecule has 2 N–H and O–H groups in total. The lowest BCUT2D eigenvalue weighted by molar-refractivity contribution is -0.133. The minimum Gasteiger partial charge on any atom is -0.467 e. The fourth-order valence-electron chi connectivity index (χ4n) is 3.92. The van der Waals surface area contributed by atoms with E-state index in [1.165, 1.54) is 21.9 Å². The van der Waals surface area contributed by atoms with Crippen molar-refractivity contribution in [1.82, 2.24) is 25.3 Å². The number of amides is 3. The van der Waals surface area contributed by atoms with Gasteiger partial charge in [-0.15, -0.1) is 0 Å². The predicted molar refractivity (Wildman–Crippen MR) is 103 cm³/mol. The first-order chi connectivity index (χ1) is 13.9. The largest absolute Gasteiger partial charge is 0.467 e. The van der Waals surface area contributed by atoms with Crippen LogP contribution in [0.5, 0.6) is 0 Å². The average molecular weight is 399 g/mol. The minimum atomic E-state index is -1.07. The van der Waals surface area contributed by atoms with Crippen LogP contribution in [0, 0.1) is 0 Å². The summed E-state index contributed by atoms with van der Waals surface area (Å²) in [5.41, 5.74) is -0.642. The SMILES string of the molecule is CN1C(=O)c2cc(C(=O)NCc3ccco3)nn2C[C@]1(C)C(=O)NC1CCCC1. The van der Waals surface area contributed by atoms with Crippen LogP contribution in [0.1, 0.15) is 59.3 Å². The maximum absolute atomic E-state index is 13.0. The smallest absolute Gasteiger partial charge is 0.272 e. The summed E-state index contributed by atoms with van der Waals surface area (Å²) in [5, 5.41) is 10.1. The molecule has 2 aliphatic rings. The van der Waals surface area contributed by atoms with Crippen molar-refractivity contribution in [3.8, 4) is 0 Å². The quantitative estimate of drug-likeness (QED) is 0.788. The molecule has 2 aromatic rings. The number of nitrogens with zero attached hydrogens (tertiary/aromatic N) is 3. The van der Waals surface area contributed by atoms with E-state index in [4.69, 9.17) is 4.42 Å². The van der Waals surface area contributed by atoms with Gasteiger partial charge >= 0.3 is 0 Å². The number of hydrogen-bond acceptors (Lipinski definition) is 5. The van der Waals surface area contributed by atoms with Gasteiger partial charge in [-0.3, -0.25) is 19.1 Å². The summed E-state index contributed by atoms with van der Waals surface area (Å²) in [6, 6.07) is 5.11. The van der Waals surface area contributed by atoms with Gasteiger partial charge in [0.05, 0.1) is 19.4 Å². The molecule has 1 atom stereocenters. The van der Waals surface area contributed by atoms with Gasteiger partial charge in [0.1, 0.15) is 17.0 Å². The van der Waals surface area contributed by atoms with Crippen molar-refractivity contribution in [2.24, 2.45) is 0 Å². The molecule has 0 spiro atoms. The molecule has 1 fully saturated rings. The molecule has 3 heterocycles. The molecule has 0 bridgehead atoms. The summed E-state index contributed by atoms with van der Waals surface area (Å²) >= 11 is 0. The zero-order valence-corrected chi connectivity index (χ0v) is 16.6. The van der Waals surface area contributed by atoms with E-state index in [0.29, 0.717) is 11.5 Å². The first-order valence-corrected chi connectivity index (χ1v) is 9.86. The zero-order valence-electron chi connectivity index (χ0n) is 16.6. The summed E-state index contributed by atoms with van der Waals surface area (Å²) < 4.78 is 6.65. The fourth-order valence-corrected chi connectivity index (χ4v) is 3.92. The Morgan fingerprint density at radius 2 is 2.10 bits per heavy atom. The number of carbonyl (C=O) groups excluding carboxylic acids is 3. The predicted octanol–water partition coefficient (Wildman–Crippen LogP) is 1.31. The molecule has 0 saturated heterocycles. The summed E-state index contributed by atoms with van der Waals surface area (Å²) in [7, 11) is 1.61. The number of nitrogens with one attached hydrogen (secondary N) is 2. The third-order valence-electron chi connectivity index (χ3n) is 5.92. The van der Waals surface area contributed by atoms with Gasteiger partial charge in [-0.2, -0.15) is 5.10 Å². The standard InChI is InChI=1S/C20H25N5O4/c1-20(19(28)22-13-6-3-4-7-13)12-25-16(18(27)24(20)2)10-15(23-25)17(26)21-11-14-8-5-9-29-14/h5,8-10,13H,3-4,6-7,11-12H2,1-2H3,(H,21,26)(H,22,28)/t20-/m1/s1. The third-order valence-corrected chi connectivity index (χ3v) is 5.92. The first kappa shape index (κ1) is 19.2. The molecule has 1 aliphatic carbocycles. The summed E-state index contributed by atoms with van der Waals surface area (Å²) in [4.78, 5) is 39.8. The van der Waals surface area contributed by atoms with E-state index in [9.17, 15) is 14.4 Å². The molecule has 0 radical (unpaired) electrons. The molecule has 3 amide bonds. The number of furan rings is 1. The van der Waals surface area contributed by atoms with Crippen molar-refractivity contribution in [3.05, 3.63) is 41.6 Å². The van der Waals surface area contributed by atoms with Gasteiger partial charge in [-0.05, 0) is 31.9 Å². The van der Waals surface area contributed by atoms with Crippen LogP contribution in [0.2, 0.25) is 0 Å². The molecule has 154 valence electrons. The van der Waals surface area contributed by atoms with E-state index in [2.05, 4.69) is 15.7 Å². The van der Waals surface area contributed by atoms with Gasteiger partial charge in [0.25, 0.3) is 11.8 Å². The molecular weight excluding hydrogens is 374 g/mol. The maximum atomic E-state index is 13.0. The highest BCUT2D eigenvalue weighted by atomic mass is 16.3. The molecule has 2 aromatic heterocycles. The van der Waals surface area contributed by atoms with Gasteiger partial charge < -0.3 is 20.0 Å². The Labute approximate surface area is 168 Å². The van der Waals surface area contributed by atoms with E-state index in [0.717, 1.165) is 25.7 Å². The Kier molecular flexibility index (Phi) is 4.89. The number of aromatic nitrogens is 2. The van der Waals surface area contributed by atoms with E-state index >= 15 is 0 Å². The summed E-state index contributed by atoms with van der Waals surface area (Å²) in [6.07, 6.45) is 5.67. The molecule has 4 rings (SSSR count). The Balaban J connectivity index is 1.51. The number of likely N-dealkylation sites (N-methyl/N-ethyl adjacent to an activating group) is 1. The van der Waals surface area contributed by atoms with Crippen LogP contribution in [-0.2, 0) is 17.9 Å². The highest BCUT2D eigenvalue weighted by Gasteiger charge is 2.46. The molecule has 1 saturated carbocycles. The first-order valence-electron chi connectivity index (χ1n) is 9.86. The van der Waals surface area contributed by atoms with Crippen LogP contribution in [0.3, 0.4) is 0 Å². The van der Waals surface area contributed by atoms with E-state index < -0.39 is 11.4 Å². The Hall–Kier alpha value is -3.10. The van der Waals surface area contributed by atoms with Crippen LogP contribution in [0.25, 0.3) is 0 Å². The molecule has 29 heavy (non-hydrogen) atoms. The molecule has 0 aromatic carbocycles. The monoisotopic (exact) mass is 399 g/mol. The second-order valence-electron chi connectivity index (χ2n) is 7.93. The number of rotatable bonds is 5. The second kappa shape index (κ2) is 7.38. The molecule has 1 aliphatic heterocycles. The highest BCUT2D eigenvalue weighted by molar-refractivity contribution is 6.01. The Morgan fingerprint density at radius 3 is 2.79 bits per heavy atom. The van der Waals surface area contributed by atoms with Crippen LogP contribution in [-0.4, -0.2) is 51.0 Å². The third kappa shape index (κ3) is 3.52. The topological polar surface area (TPSA) is 109 Å². The van der Waals surface area contributed by atoms with Crippen LogP contribution >= 0.6 is 0 Å². The maximum Gasteiger partial charge on any atom is 0.272 e. The zero-order chi connectivity index (χ0) is 20.6. The van der Waals surface area contributed by atoms with Crippen molar-refractivity contribution in [1.29, 1.82) is 0 Å². The lowest BCUT2D eigenvalue weighted by atomic mass is 9.95. The molecule has 0 unspecified atom stereocenters. The van der Waals surface area contributed by atoms with Crippen molar-refractivity contribution in [2.45, 2.75) is 57.3 Å². The van der Waals surface area contributed by atoms with Crippen molar-refractivity contribution in [3.63, 3.8) is 0 Å². The van der Waals surface area contributed by atoms with E-state index in [-0.39, 0.29) is 36.6 Å². The van der Waals surface area contributed by atoms with Crippen LogP contribution in [0.15, 0.2) is 28.9 Å². The molecule has 9 nitrogen and oxygen atoms in total. The normalized spacial score (nSPS) is 21.9. The Bertz CT molecular complexity index is 929. The number of hydrogen-bond donors (Lipinski definition) is 2. The van der Waals surface area contributed by atoms with E-state index in [1.807, 2.05) is 0 Å². The van der Waals surface area contributed by atoms with E-state index in [1.54, 1.807) is 26.1 Å². The number of fused-ring (bicyclic) bond motifs is 1. The highest BCUT2D eigenvalue weighted by Crippen LogP contribution is 2.27. The second-order valence-corrected chi connectivity index (χ2v) is 7.93. The van der Waals surface area contributed by atoms with Crippen LogP contribution in [0.4, 0.5) is 0 Å². The van der Waals surface area contributed by atoms with Crippen molar-refractivity contribution >= 4 is 17.7 Å². The lowest BCUT2D eigenvalue weighted by Gasteiger charge is -2.41. The fraction of sp³-hybridized carbons (Fsp3) is 0.500. The van der Waals surface area contributed by atoms with Crippen molar-refractivity contribution < 1.29 is 18.8 Å². The van der Waals surface area contributed by atoms with Crippen molar-refractivity contribution in [2.75, 3.05) is 7.05 Å². The molecular formula is C20H25N5O4. The van der Waals surface area contributed by atoms with Gasteiger partial charge in [0.2, 0.25) is 5.91 Å².